The Labute approximate surface area is 121 Å². The van der Waals surface area contributed by atoms with Crippen LogP contribution in [0, 0.1) is 11.8 Å². The van der Waals surface area contributed by atoms with Crippen molar-refractivity contribution >= 4 is 11.8 Å². The lowest BCUT2D eigenvalue weighted by Gasteiger charge is -2.32. The SMILES string of the molecule is CC1CCC(NC(=O)C2CCC(C(F)(F)F)NC2=O)CC1. The molecule has 1 saturated carbocycles. The van der Waals surface area contributed by atoms with Crippen LogP contribution in [0.2, 0.25) is 0 Å². The van der Waals surface area contributed by atoms with Crippen LogP contribution in [0.25, 0.3) is 0 Å². The van der Waals surface area contributed by atoms with Gasteiger partial charge in [-0.3, -0.25) is 9.59 Å². The molecule has 2 N–H and O–H groups in total. The lowest BCUT2D eigenvalue weighted by atomic mass is 9.86. The first-order valence-electron chi connectivity index (χ1n) is 7.45. The molecule has 1 aliphatic heterocycles. The van der Waals surface area contributed by atoms with Gasteiger partial charge in [-0.15, -0.1) is 0 Å². The maximum absolute atomic E-state index is 12.5. The number of hydrogen-bond donors (Lipinski definition) is 2. The number of nitrogens with one attached hydrogen (secondary N) is 2. The second kappa shape index (κ2) is 6.23. The Kier molecular flexibility index (Phi) is 4.78. The maximum Gasteiger partial charge on any atom is 0.408 e. The minimum Gasteiger partial charge on any atom is -0.353 e. The number of alkyl halides is 3. The highest BCUT2D eigenvalue weighted by Gasteiger charge is 2.46. The Morgan fingerprint density at radius 2 is 1.76 bits per heavy atom. The molecule has 7 heteroatoms. The van der Waals surface area contributed by atoms with E-state index in [9.17, 15) is 22.8 Å². The van der Waals surface area contributed by atoms with Crippen molar-refractivity contribution < 1.29 is 22.8 Å². The number of carbonyl (C=O) groups is 2. The molecule has 1 aliphatic carbocycles. The number of hydrogen-bond acceptors (Lipinski definition) is 2. The second-order valence-electron chi connectivity index (χ2n) is 6.20. The Morgan fingerprint density at radius 1 is 1.14 bits per heavy atom. The van der Waals surface area contributed by atoms with E-state index < -0.39 is 30.0 Å². The van der Waals surface area contributed by atoms with Crippen molar-refractivity contribution in [2.75, 3.05) is 0 Å². The monoisotopic (exact) mass is 306 g/mol. The average molecular weight is 306 g/mol. The van der Waals surface area contributed by atoms with Crippen LogP contribution in [-0.2, 0) is 9.59 Å². The van der Waals surface area contributed by atoms with Crippen LogP contribution >= 0.6 is 0 Å². The van der Waals surface area contributed by atoms with E-state index in [2.05, 4.69) is 12.2 Å². The van der Waals surface area contributed by atoms with Gasteiger partial charge in [0, 0.05) is 6.04 Å². The summed E-state index contributed by atoms with van der Waals surface area (Å²) in [5, 5.41) is 4.72. The van der Waals surface area contributed by atoms with E-state index in [1.54, 1.807) is 0 Å². The molecule has 0 radical (unpaired) electrons. The molecule has 0 aromatic rings. The molecule has 120 valence electrons. The third-order valence-electron chi connectivity index (χ3n) is 4.45. The van der Waals surface area contributed by atoms with Gasteiger partial charge in [-0.05, 0) is 44.4 Å². The van der Waals surface area contributed by atoms with Gasteiger partial charge >= 0.3 is 6.18 Å². The third kappa shape index (κ3) is 4.11. The lowest BCUT2D eigenvalue weighted by molar-refractivity contribution is -0.171. The summed E-state index contributed by atoms with van der Waals surface area (Å²) in [5.41, 5.74) is 0. The molecule has 2 unspecified atom stereocenters. The molecule has 0 bridgehead atoms. The van der Waals surface area contributed by atoms with Gasteiger partial charge in [0.15, 0.2) is 0 Å². The first-order valence-corrected chi connectivity index (χ1v) is 7.45. The first-order chi connectivity index (χ1) is 9.77. The van der Waals surface area contributed by atoms with Crippen LogP contribution in [-0.4, -0.2) is 30.1 Å². The van der Waals surface area contributed by atoms with Crippen molar-refractivity contribution in [3.05, 3.63) is 0 Å². The van der Waals surface area contributed by atoms with Crippen molar-refractivity contribution in [1.29, 1.82) is 0 Å². The van der Waals surface area contributed by atoms with Crippen LogP contribution in [0.3, 0.4) is 0 Å². The van der Waals surface area contributed by atoms with E-state index >= 15 is 0 Å². The summed E-state index contributed by atoms with van der Waals surface area (Å²) in [7, 11) is 0. The molecular formula is C14H21F3N2O2. The van der Waals surface area contributed by atoms with Gasteiger partial charge in [-0.25, -0.2) is 0 Å². The van der Waals surface area contributed by atoms with Gasteiger partial charge in [0.1, 0.15) is 12.0 Å². The van der Waals surface area contributed by atoms with Gasteiger partial charge in [0.25, 0.3) is 0 Å². The minimum absolute atomic E-state index is 0.0434. The Balaban J connectivity index is 1.85. The lowest BCUT2D eigenvalue weighted by Crippen LogP contribution is -2.55. The fourth-order valence-corrected chi connectivity index (χ4v) is 3.01. The van der Waals surface area contributed by atoms with E-state index in [0.717, 1.165) is 25.7 Å². The van der Waals surface area contributed by atoms with Gasteiger partial charge in [-0.2, -0.15) is 13.2 Å². The molecule has 4 nitrogen and oxygen atoms in total. The molecule has 2 rings (SSSR count). The molecule has 21 heavy (non-hydrogen) atoms. The molecule has 0 spiro atoms. The van der Waals surface area contributed by atoms with Gasteiger partial charge < -0.3 is 10.6 Å². The fourth-order valence-electron chi connectivity index (χ4n) is 3.01. The molecule has 2 aliphatic rings. The number of carbonyl (C=O) groups excluding carboxylic acids is 2. The van der Waals surface area contributed by atoms with Crippen molar-refractivity contribution in [3.8, 4) is 0 Å². The van der Waals surface area contributed by atoms with E-state index in [0.29, 0.717) is 5.92 Å². The topological polar surface area (TPSA) is 58.2 Å². The standard InChI is InChI=1S/C14H21F3N2O2/c1-8-2-4-9(5-3-8)18-12(20)10-6-7-11(14(15,16)17)19-13(10)21/h8-11H,2-7H2,1H3,(H,18,20)(H,19,21). The molecule has 2 fully saturated rings. The van der Waals surface area contributed by atoms with Crippen molar-refractivity contribution in [3.63, 3.8) is 0 Å². The maximum atomic E-state index is 12.5. The summed E-state index contributed by atoms with van der Waals surface area (Å²) in [6.07, 6.45) is -0.953. The zero-order valence-corrected chi connectivity index (χ0v) is 12.0. The molecule has 1 saturated heterocycles. The van der Waals surface area contributed by atoms with Crippen LogP contribution in [0.1, 0.15) is 45.4 Å². The average Bonchev–Trinajstić information content (AvgIpc) is 2.40. The summed E-state index contributed by atoms with van der Waals surface area (Å²) < 4.78 is 37.6. The molecule has 2 atom stereocenters. The molecular weight excluding hydrogens is 285 g/mol. The van der Waals surface area contributed by atoms with Gasteiger partial charge in [-0.1, -0.05) is 6.92 Å². The summed E-state index contributed by atoms with van der Waals surface area (Å²) in [6, 6.07) is -1.79. The normalized spacial score (nSPS) is 34.2. The zero-order chi connectivity index (χ0) is 15.6. The van der Waals surface area contributed by atoms with Gasteiger partial charge in [0.05, 0.1) is 0 Å². The van der Waals surface area contributed by atoms with Crippen molar-refractivity contribution in [2.24, 2.45) is 11.8 Å². The fraction of sp³-hybridized carbons (Fsp3) is 0.857. The number of halogens is 3. The molecule has 2 amide bonds. The van der Waals surface area contributed by atoms with Crippen molar-refractivity contribution in [2.45, 2.75) is 63.7 Å². The van der Waals surface area contributed by atoms with Crippen molar-refractivity contribution in [1.82, 2.24) is 10.6 Å². The predicted octanol–water partition coefficient (Wildman–Crippen LogP) is 2.14. The summed E-state index contributed by atoms with van der Waals surface area (Å²) >= 11 is 0. The predicted molar refractivity (Wildman–Crippen MR) is 70.3 cm³/mol. The second-order valence-corrected chi connectivity index (χ2v) is 6.20. The Bertz CT molecular complexity index is 404. The van der Waals surface area contributed by atoms with Crippen LogP contribution in [0.5, 0.6) is 0 Å². The van der Waals surface area contributed by atoms with Crippen LogP contribution < -0.4 is 10.6 Å². The molecule has 0 aromatic carbocycles. The number of piperidine rings is 1. The van der Waals surface area contributed by atoms with E-state index in [4.69, 9.17) is 0 Å². The number of rotatable bonds is 2. The number of amides is 2. The van der Waals surface area contributed by atoms with Crippen LogP contribution in [0.4, 0.5) is 13.2 Å². The molecule has 1 heterocycles. The minimum atomic E-state index is -4.45. The quantitative estimate of drug-likeness (QED) is 0.768. The highest BCUT2D eigenvalue weighted by molar-refractivity contribution is 6.01. The Hall–Kier alpha value is -1.27. The first kappa shape index (κ1) is 16.1. The Morgan fingerprint density at radius 3 is 2.29 bits per heavy atom. The summed E-state index contributed by atoms with van der Waals surface area (Å²) in [5.74, 6) is -1.61. The van der Waals surface area contributed by atoms with E-state index in [1.807, 2.05) is 5.32 Å². The summed E-state index contributed by atoms with van der Waals surface area (Å²) in [4.78, 5) is 23.8. The smallest absolute Gasteiger partial charge is 0.353 e. The largest absolute Gasteiger partial charge is 0.408 e. The zero-order valence-electron chi connectivity index (χ0n) is 12.0. The highest BCUT2D eigenvalue weighted by atomic mass is 19.4. The highest BCUT2D eigenvalue weighted by Crippen LogP contribution is 2.29. The van der Waals surface area contributed by atoms with Gasteiger partial charge in [0.2, 0.25) is 11.8 Å². The molecule has 0 aromatic heterocycles. The van der Waals surface area contributed by atoms with Crippen LogP contribution in [0.15, 0.2) is 0 Å². The van der Waals surface area contributed by atoms with E-state index in [1.165, 1.54) is 0 Å². The third-order valence-corrected chi connectivity index (χ3v) is 4.45. The summed E-state index contributed by atoms with van der Waals surface area (Å²) in [6.45, 7) is 2.16. The van der Waals surface area contributed by atoms with E-state index in [-0.39, 0.29) is 18.9 Å².